The van der Waals surface area contributed by atoms with Gasteiger partial charge in [-0.2, -0.15) is 0 Å². The third-order valence-electron chi connectivity index (χ3n) is 15.6. The second-order valence-electron chi connectivity index (χ2n) is 18.0. The van der Waals surface area contributed by atoms with Crippen LogP contribution in [0.5, 0.6) is 0 Å². The van der Waals surface area contributed by atoms with Crippen molar-refractivity contribution >= 4 is 17.9 Å². The molecule has 8 fully saturated rings. The van der Waals surface area contributed by atoms with Crippen LogP contribution in [0.4, 0.5) is 0 Å². The van der Waals surface area contributed by atoms with Crippen LogP contribution in [0.3, 0.4) is 0 Å². The Kier molecular flexibility index (Phi) is 6.75. The number of aliphatic hydroxyl groups excluding tert-OH is 2. The number of epoxide rings is 2. The molecule has 0 aromatic heterocycles. The SMILES string of the molecule is CC(=O)O[C@H]1CC2C([C@@H]3[C@@H](O)CC4[C@H]([C@H](C)[C@H]5O[C@]56OC(=O)[C@@](C)(O)[C@]46C)[C@@]13C)[C@@H](O)C[C@@]1(O)C[C@@H]3O[C@@H]3[C@H](OC(=O)CC(C)C)[C@]21C. The number of aliphatic hydroxyl groups is 4. The first-order valence-corrected chi connectivity index (χ1v) is 17.9. The molecular weight excluding hydrogens is 624 g/mol. The van der Waals surface area contributed by atoms with E-state index in [1.54, 1.807) is 0 Å². The lowest BCUT2D eigenvalue weighted by molar-refractivity contribution is -0.316. The van der Waals surface area contributed by atoms with Crippen LogP contribution in [0.25, 0.3) is 0 Å². The average molecular weight is 677 g/mol. The molecule has 3 saturated heterocycles. The Morgan fingerprint density at radius 2 is 1.67 bits per heavy atom. The van der Waals surface area contributed by atoms with Gasteiger partial charge in [-0.25, -0.2) is 4.79 Å². The summed E-state index contributed by atoms with van der Waals surface area (Å²) in [4.78, 5) is 39.3. The van der Waals surface area contributed by atoms with Crippen molar-refractivity contribution < 1.29 is 58.5 Å². The Morgan fingerprint density at radius 3 is 2.31 bits per heavy atom. The maximum Gasteiger partial charge on any atom is 0.341 e. The molecular formula is C36H52O12. The summed E-state index contributed by atoms with van der Waals surface area (Å²) in [6.45, 7) is 14.5. The predicted molar refractivity (Wildman–Crippen MR) is 164 cm³/mol. The second-order valence-corrected chi connectivity index (χ2v) is 18.0. The van der Waals surface area contributed by atoms with Crippen LogP contribution in [-0.4, -0.2) is 98.1 Å². The van der Waals surface area contributed by atoms with E-state index in [1.807, 2.05) is 41.5 Å². The fourth-order valence-electron chi connectivity index (χ4n) is 13.3. The van der Waals surface area contributed by atoms with Crippen molar-refractivity contribution in [3.8, 4) is 0 Å². The summed E-state index contributed by atoms with van der Waals surface area (Å²) < 4.78 is 30.6. The molecule has 19 atom stereocenters. The topological polar surface area (TPSA) is 185 Å². The van der Waals surface area contributed by atoms with Gasteiger partial charge >= 0.3 is 17.9 Å². The van der Waals surface area contributed by atoms with E-state index in [0.717, 1.165) is 0 Å². The van der Waals surface area contributed by atoms with E-state index < -0.39 is 105 Å². The number of hydrogen-bond acceptors (Lipinski definition) is 12. The van der Waals surface area contributed by atoms with Crippen molar-refractivity contribution in [3.05, 3.63) is 0 Å². The molecule has 12 heteroatoms. The molecule has 3 aliphatic heterocycles. The number of rotatable bonds is 4. The normalized spacial score (nSPS) is 60.1. The Hall–Kier alpha value is -1.83. The fourth-order valence-corrected chi connectivity index (χ4v) is 13.3. The number of carbonyl (C=O) groups is 3. The third kappa shape index (κ3) is 3.70. The Morgan fingerprint density at radius 1 is 0.979 bits per heavy atom. The summed E-state index contributed by atoms with van der Waals surface area (Å²) in [5.74, 6) is -5.57. The molecule has 5 aliphatic carbocycles. The van der Waals surface area contributed by atoms with Crippen LogP contribution < -0.4 is 0 Å². The molecule has 4 N–H and O–H groups in total. The lowest BCUT2D eigenvalue weighted by atomic mass is 9.34. The molecule has 0 radical (unpaired) electrons. The number of ether oxygens (including phenoxy) is 5. The monoisotopic (exact) mass is 676 g/mol. The van der Waals surface area contributed by atoms with Crippen LogP contribution in [0.2, 0.25) is 0 Å². The first-order chi connectivity index (χ1) is 22.2. The lowest BCUT2D eigenvalue weighted by Crippen LogP contribution is -2.77. The van der Waals surface area contributed by atoms with Crippen molar-refractivity contribution in [2.75, 3.05) is 0 Å². The molecule has 0 bridgehead atoms. The highest BCUT2D eigenvalue weighted by atomic mass is 16.8. The van der Waals surface area contributed by atoms with Gasteiger partial charge in [-0.05, 0) is 68.1 Å². The van der Waals surface area contributed by atoms with Gasteiger partial charge in [-0.3, -0.25) is 9.59 Å². The third-order valence-corrected chi connectivity index (χ3v) is 15.6. The molecule has 0 aromatic carbocycles. The van der Waals surface area contributed by atoms with Crippen molar-refractivity contribution in [3.63, 3.8) is 0 Å². The minimum atomic E-state index is -1.90. The number of carbonyl (C=O) groups excluding carboxylic acids is 3. The largest absolute Gasteiger partial charge is 0.462 e. The van der Waals surface area contributed by atoms with Crippen LogP contribution in [0.1, 0.15) is 87.5 Å². The minimum absolute atomic E-state index is 0.0142. The maximum absolute atomic E-state index is 13.2. The summed E-state index contributed by atoms with van der Waals surface area (Å²) in [6.07, 6.45) is -3.90. The number of esters is 3. The zero-order valence-electron chi connectivity index (χ0n) is 29.2. The van der Waals surface area contributed by atoms with Crippen LogP contribution in [0, 0.1) is 57.7 Å². The van der Waals surface area contributed by atoms with E-state index in [2.05, 4.69) is 0 Å². The Labute approximate surface area is 281 Å². The highest BCUT2D eigenvalue weighted by Gasteiger charge is 2.90. The minimum Gasteiger partial charge on any atom is -0.462 e. The molecule has 8 aliphatic rings. The highest BCUT2D eigenvalue weighted by molar-refractivity contribution is 5.84. The van der Waals surface area contributed by atoms with Crippen molar-refractivity contribution in [2.45, 2.75) is 147 Å². The molecule has 0 aromatic rings. The predicted octanol–water partition coefficient (Wildman–Crippen LogP) is 1.86. The summed E-state index contributed by atoms with van der Waals surface area (Å²) in [5.41, 5.74) is -6.59. The van der Waals surface area contributed by atoms with Gasteiger partial charge in [0, 0.05) is 37.0 Å². The average Bonchev–Trinajstić information content (AvgIpc) is 3.87. The molecule has 8 rings (SSSR count). The highest BCUT2D eigenvalue weighted by Crippen LogP contribution is 2.79. The van der Waals surface area contributed by atoms with Crippen LogP contribution in [0.15, 0.2) is 0 Å². The van der Waals surface area contributed by atoms with E-state index in [4.69, 9.17) is 23.7 Å². The van der Waals surface area contributed by atoms with Crippen molar-refractivity contribution in [2.24, 2.45) is 57.7 Å². The Bertz CT molecular complexity index is 1450. The van der Waals surface area contributed by atoms with Gasteiger partial charge in [0.25, 0.3) is 0 Å². The summed E-state index contributed by atoms with van der Waals surface area (Å²) in [6, 6.07) is 0. The Balaban J connectivity index is 1.26. The first kappa shape index (κ1) is 33.3. The first-order valence-electron chi connectivity index (χ1n) is 17.9. The fraction of sp³-hybridized carbons (Fsp3) is 0.917. The van der Waals surface area contributed by atoms with Crippen molar-refractivity contribution in [1.82, 2.24) is 0 Å². The van der Waals surface area contributed by atoms with Gasteiger partial charge in [0.05, 0.1) is 29.3 Å². The second kappa shape index (κ2) is 9.73. The molecule has 1 spiro atoms. The number of hydrogen-bond donors (Lipinski definition) is 4. The van der Waals surface area contributed by atoms with Gasteiger partial charge in [-0.15, -0.1) is 0 Å². The molecule has 5 saturated carbocycles. The van der Waals surface area contributed by atoms with Gasteiger partial charge in [-0.1, -0.05) is 34.6 Å². The van der Waals surface area contributed by atoms with E-state index in [-0.39, 0.29) is 61.9 Å². The molecule has 12 nitrogen and oxygen atoms in total. The number of fused-ring (bicyclic) bond motifs is 9. The van der Waals surface area contributed by atoms with E-state index in [9.17, 15) is 34.8 Å². The zero-order valence-corrected chi connectivity index (χ0v) is 29.2. The summed E-state index contributed by atoms with van der Waals surface area (Å²) in [7, 11) is 0. The molecule has 3 heterocycles. The summed E-state index contributed by atoms with van der Waals surface area (Å²) >= 11 is 0. The standard InChI is InChI=1S/C36H52O12/c1-14(2)9-23(40)46-29-27-21(45-27)13-35(43)12-20(39)24-17(32(29,35)6)11-22(44-16(4)37)31(5)25-15(3)28-36(47-28)33(7,34(8,42)30(41)48-36)18(25)10-19(38)26(24)31/h14-15,17-22,24-29,38-39,42-43H,9-13H2,1-8H3/t15-,17?,18?,19-,20-,21-,22-,24?,25-,26-,27-,28+,29-,31+,32-,33-,34+,35+,36-/m0/s1. The van der Waals surface area contributed by atoms with Gasteiger partial charge in [0.1, 0.15) is 24.4 Å². The molecule has 3 unspecified atom stereocenters. The smallest absolute Gasteiger partial charge is 0.341 e. The quantitative estimate of drug-likeness (QED) is 0.193. The van der Waals surface area contributed by atoms with E-state index >= 15 is 0 Å². The maximum atomic E-state index is 13.2. The van der Waals surface area contributed by atoms with Gasteiger partial charge < -0.3 is 44.1 Å². The van der Waals surface area contributed by atoms with Gasteiger partial charge in [0.2, 0.25) is 5.79 Å². The van der Waals surface area contributed by atoms with Crippen LogP contribution in [-0.2, 0) is 38.1 Å². The lowest BCUT2D eigenvalue weighted by Gasteiger charge is -2.71. The molecule has 268 valence electrons. The summed E-state index contributed by atoms with van der Waals surface area (Å²) in [5, 5.41) is 48.8. The molecule has 48 heavy (non-hydrogen) atoms. The zero-order chi connectivity index (χ0) is 34.9. The van der Waals surface area contributed by atoms with Crippen LogP contribution >= 0.6 is 0 Å². The van der Waals surface area contributed by atoms with E-state index in [1.165, 1.54) is 13.8 Å². The van der Waals surface area contributed by atoms with Gasteiger partial charge in [0.15, 0.2) is 5.60 Å². The van der Waals surface area contributed by atoms with E-state index in [0.29, 0.717) is 0 Å². The van der Waals surface area contributed by atoms with Crippen molar-refractivity contribution in [1.29, 1.82) is 0 Å². The molecule has 0 amide bonds.